The molecule has 0 aliphatic rings. The first-order valence-electron chi connectivity index (χ1n) is 9.10. The van der Waals surface area contributed by atoms with Crippen molar-refractivity contribution in [2.75, 3.05) is 19.0 Å². The van der Waals surface area contributed by atoms with E-state index in [9.17, 15) is 5.11 Å². The first kappa shape index (κ1) is 20.2. The first-order valence-corrected chi connectivity index (χ1v) is 10.1. The molecule has 0 aliphatic carbocycles. The Hall–Kier alpha value is -2.58. The van der Waals surface area contributed by atoms with Crippen molar-refractivity contribution in [2.45, 2.75) is 32.0 Å². The molecule has 1 atom stereocenters. The third kappa shape index (κ3) is 5.02. The number of rotatable bonds is 9. The Morgan fingerprint density at radius 1 is 1.07 bits per heavy atom. The fourth-order valence-corrected chi connectivity index (χ4v) is 3.38. The summed E-state index contributed by atoms with van der Waals surface area (Å²) in [6, 6.07) is 13.4. The van der Waals surface area contributed by atoms with E-state index in [4.69, 9.17) is 9.47 Å². The van der Waals surface area contributed by atoms with Crippen molar-refractivity contribution in [3.05, 3.63) is 53.6 Å². The molecule has 0 amide bonds. The number of nitrogens with zero attached hydrogens (tertiary/aromatic N) is 4. The summed E-state index contributed by atoms with van der Waals surface area (Å²) >= 11 is 1.39. The van der Waals surface area contributed by atoms with Gasteiger partial charge in [0.1, 0.15) is 18.1 Å². The normalized spacial score (nSPS) is 12.0. The number of benzene rings is 2. The Morgan fingerprint density at radius 2 is 1.79 bits per heavy atom. The van der Waals surface area contributed by atoms with Crippen molar-refractivity contribution in [1.82, 2.24) is 20.2 Å². The van der Waals surface area contributed by atoms with E-state index in [1.807, 2.05) is 50.2 Å². The van der Waals surface area contributed by atoms with E-state index in [1.54, 1.807) is 4.68 Å². The van der Waals surface area contributed by atoms with Crippen molar-refractivity contribution in [3.63, 3.8) is 0 Å². The van der Waals surface area contributed by atoms with Crippen LogP contribution in [0.1, 0.15) is 18.1 Å². The number of thioether (sulfide) groups is 1. The Kier molecular flexibility index (Phi) is 6.89. The average molecular weight is 401 g/mol. The first-order chi connectivity index (χ1) is 13.6. The SMILES string of the molecule is CCOc1ccc(OC[C@H](O)CSc2nnnn2-c2cccc(C)c2C)cc1. The molecule has 3 rings (SSSR count). The van der Waals surface area contributed by atoms with Crippen LogP contribution in [0.2, 0.25) is 0 Å². The van der Waals surface area contributed by atoms with Crippen LogP contribution in [0, 0.1) is 13.8 Å². The van der Waals surface area contributed by atoms with E-state index in [0.717, 1.165) is 17.0 Å². The molecule has 0 unspecified atom stereocenters. The van der Waals surface area contributed by atoms with Crippen LogP contribution in [0.25, 0.3) is 5.69 Å². The minimum absolute atomic E-state index is 0.187. The number of hydrogen-bond acceptors (Lipinski definition) is 7. The zero-order chi connectivity index (χ0) is 19.9. The van der Waals surface area contributed by atoms with Gasteiger partial charge in [0, 0.05) is 5.75 Å². The highest BCUT2D eigenvalue weighted by atomic mass is 32.2. The summed E-state index contributed by atoms with van der Waals surface area (Å²) < 4.78 is 12.7. The van der Waals surface area contributed by atoms with Crippen LogP contribution in [0.3, 0.4) is 0 Å². The smallest absolute Gasteiger partial charge is 0.214 e. The number of aryl methyl sites for hydroxylation is 1. The summed E-state index contributed by atoms with van der Waals surface area (Å²) in [4.78, 5) is 0. The number of ether oxygens (including phenoxy) is 2. The Labute approximate surface area is 168 Å². The number of aliphatic hydroxyl groups excluding tert-OH is 1. The summed E-state index contributed by atoms with van der Waals surface area (Å²) in [5.74, 6) is 1.90. The van der Waals surface area contributed by atoms with Crippen molar-refractivity contribution in [3.8, 4) is 17.2 Å². The molecule has 28 heavy (non-hydrogen) atoms. The summed E-state index contributed by atoms with van der Waals surface area (Å²) in [6.45, 7) is 6.84. The molecule has 1 heterocycles. The minimum atomic E-state index is -0.652. The number of hydrogen-bond donors (Lipinski definition) is 1. The number of aliphatic hydroxyl groups is 1. The molecule has 0 spiro atoms. The highest BCUT2D eigenvalue weighted by Gasteiger charge is 2.14. The molecule has 0 aliphatic heterocycles. The monoisotopic (exact) mass is 400 g/mol. The summed E-state index contributed by atoms with van der Waals surface area (Å²) in [6.07, 6.45) is -0.652. The molecule has 148 valence electrons. The standard InChI is InChI=1S/C20H24N4O3S/c1-4-26-17-8-10-18(11-9-17)27-12-16(25)13-28-20-21-22-23-24(20)19-7-5-6-14(2)15(19)3/h5-11,16,25H,4,12-13H2,1-3H3/t16-/m0/s1. The van der Waals surface area contributed by atoms with Gasteiger partial charge in [0.25, 0.3) is 0 Å². The Morgan fingerprint density at radius 3 is 2.50 bits per heavy atom. The zero-order valence-corrected chi connectivity index (χ0v) is 17.0. The van der Waals surface area contributed by atoms with Crippen molar-refractivity contribution in [2.24, 2.45) is 0 Å². The molecule has 0 saturated heterocycles. The van der Waals surface area contributed by atoms with Gasteiger partial charge in [-0.15, -0.1) is 5.10 Å². The van der Waals surface area contributed by atoms with Gasteiger partial charge in [-0.3, -0.25) is 0 Å². The lowest BCUT2D eigenvalue weighted by molar-refractivity contribution is 0.126. The highest BCUT2D eigenvalue weighted by Crippen LogP contribution is 2.23. The van der Waals surface area contributed by atoms with Crippen LogP contribution in [0.4, 0.5) is 0 Å². The van der Waals surface area contributed by atoms with Crippen LogP contribution in [-0.2, 0) is 0 Å². The molecule has 7 nitrogen and oxygen atoms in total. The lowest BCUT2D eigenvalue weighted by atomic mass is 10.1. The van der Waals surface area contributed by atoms with Gasteiger partial charge in [0.05, 0.1) is 18.4 Å². The highest BCUT2D eigenvalue weighted by molar-refractivity contribution is 7.99. The molecule has 0 radical (unpaired) electrons. The number of tetrazole rings is 1. The van der Waals surface area contributed by atoms with Crippen LogP contribution in [0.5, 0.6) is 11.5 Å². The van der Waals surface area contributed by atoms with E-state index in [1.165, 1.54) is 17.3 Å². The Bertz CT molecular complexity index is 899. The molecule has 3 aromatic rings. The second-order valence-electron chi connectivity index (χ2n) is 6.27. The quantitative estimate of drug-likeness (QED) is 0.552. The average Bonchev–Trinajstić information content (AvgIpc) is 3.16. The second-order valence-corrected chi connectivity index (χ2v) is 7.26. The second kappa shape index (κ2) is 9.57. The fourth-order valence-electron chi connectivity index (χ4n) is 2.60. The molecule has 0 bridgehead atoms. The van der Waals surface area contributed by atoms with E-state index >= 15 is 0 Å². The van der Waals surface area contributed by atoms with E-state index in [0.29, 0.717) is 23.3 Å². The summed E-state index contributed by atoms with van der Waals surface area (Å²) in [7, 11) is 0. The summed E-state index contributed by atoms with van der Waals surface area (Å²) in [5, 5.41) is 22.8. The van der Waals surface area contributed by atoms with Crippen LogP contribution >= 0.6 is 11.8 Å². The van der Waals surface area contributed by atoms with E-state index in [-0.39, 0.29) is 6.61 Å². The molecule has 0 saturated carbocycles. The molecule has 0 fully saturated rings. The molecular formula is C20H24N4O3S. The van der Waals surface area contributed by atoms with Gasteiger partial charge in [-0.1, -0.05) is 23.9 Å². The molecular weight excluding hydrogens is 376 g/mol. The topological polar surface area (TPSA) is 82.3 Å². The maximum Gasteiger partial charge on any atom is 0.214 e. The third-order valence-electron chi connectivity index (χ3n) is 4.23. The zero-order valence-electron chi connectivity index (χ0n) is 16.2. The van der Waals surface area contributed by atoms with Gasteiger partial charge in [0.15, 0.2) is 0 Å². The predicted molar refractivity (Wildman–Crippen MR) is 108 cm³/mol. The van der Waals surface area contributed by atoms with Gasteiger partial charge in [-0.25, -0.2) is 0 Å². The van der Waals surface area contributed by atoms with Gasteiger partial charge in [0.2, 0.25) is 5.16 Å². The van der Waals surface area contributed by atoms with Gasteiger partial charge < -0.3 is 14.6 Å². The fraction of sp³-hybridized carbons (Fsp3) is 0.350. The lowest BCUT2D eigenvalue weighted by Gasteiger charge is -2.13. The molecule has 1 N–H and O–H groups in total. The van der Waals surface area contributed by atoms with E-state index in [2.05, 4.69) is 28.5 Å². The maximum absolute atomic E-state index is 10.3. The molecule has 2 aromatic carbocycles. The Balaban J connectivity index is 1.55. The van der Waals surface area contributed by atoms with Gasteiger partial charge in [-0.2, -0.15) is 4.68 Å². The van der Waals surface area contributed by atoms with E-state index < -0.39 is 6.10 Å². The number of aromatic nitrogens is 4. The van der Waals surface area contributed by atoms with Gasteiger partial charge >= 0.3 is 0 Å². The third-order valence-corrected chi connectivity index (χ3v) is 5.29. The van der Waals surface area contributed by atoms with Crippen LogP contribution < -0.4 is 9.47 Å². The maximum atomic E-state index is 10.3. The lowest BCUT2D eigenvalue weighted by Crippen LogP contribution is -2.20. The minimum Gasteiger partial charge on any atom is -0.494 e. The van der Waals surface area contributed by atoms with Crippen molar-refractivity contribution in [1.29, 1.82) is 0 Å². The van der Waals surface area contributed by atoms with Crippen molar-refractivity contribution < 1.29 is 14.6 Å². The largest absolute Gasteiger partial charge is 0.494 e. The van der Waals surface area contributed by atoms with Crippen molar-refractivity contribution >= 4 is 11.8 Å². The molecule has 8 heteroatoms. The van der Waals surface area contributed by atoms with Gasteiger partial charge in [-0.05, 0) is 72.7 Å². The molecule has 1 aromatic heterocycles. The van der Waals surface area contributed by atoms with Crippen LogP contribution in [0.15, 0.2) is 47.6 Å². The van der Waals surface area contributed by atoms with Crippen LogP contribution in [-0.4, -0.2) is 50.4 Å². The summed E-state index contributed by atoms with van der Waals surface area (Å²) in [5.41, 5.74) is 3.23. The predicted octanol–water partition coefficient (Wildman–Crippen LogP) is 3.21.